The number of rotatable bonds is 2. The largest absolute Gasteiger partial charge is 0.378 e. The highest BCUT2D eigenvalue weighted by Crippen LogP contribution is 2.30. The summed E-state index contributed by atoms with van der Waals surface area (Å²) in [6.07, 6.45) is 0. The van der Waals surface area contributed by atoms with E-state index in [1.807, 2.05) is 49.3 Å². The normalized spacial score (nSPS) is 23.3. The Bertz CT molecular complexity index is 456. The van der Waals surface area contributed by atoms with E-state index < -0.39 is 11.0 Å². The van der Waals surface area contributed by atoms with E-state index >= 15 is 0 Å². The lowest BCUT2D eigenvalue weighted by Crippen LogP contribution is -2.46. The topological polar surface area (TPSA) is 29.5 Å². The second-order valence-electron chi connectivity index (χ2n) is 5.64. The molecule has 1 aliphatic rings. The molecule has 1 fully saturated rings. The van der Waals surface area contributed by atoms with Gasteiger partial charge in [0.2, 0.25) is 0 Å². The summed E-state index contributed by atoms with van der Waals surface area (Å²) in [6.45, 7) is 7.89. The van der Waals surface area contributed by atoms with E-state index in [4.69, 9.17) is 16.3 Å². The smallest absolute Gasteiger partial charge is 0.100 e. The van der Waals surface area contributed by atoms with Crippen LogP contribution in [0.3, 0.4) is 0 Å². The van der Waals surface area contributed by atoms with Gasteiger partial charge < -0.3 is 4.74 Å². The summed E-state index contributed by atoms with van der Waals surface area (Å²) >= 11 is 5.92. The Hall–Kier alpha value is -0.420. The molecule has 0 aromatic heterocycles. The first-order valence-corrected chi connectivity index (χ1v) is 7.90. The van der Waals surface area contributed by atoms with Crippen molar-refractivity contribution < 1.29 is 8.95 Å². The first-order valence-electron chi connectivity index (χ1n) is 6.41. The molecule has 1 saturated heterocycles. The summed E-state index contributed by atoms with van der Waals surface area (Å²) in [6, 6.07) is 7.72. The number of benzene rings is 1. The molecule has 1 aliphatic heterocycles. The predicted molar refractivity (Wildman–Crippen MR) is 79.6 cm³/mol. The fraction of sp³-hybridized carbons (Fsp3) is 0.571. The molecule has 0 unspecified atom stereocenters. The standard InChI is InChI=1S/C14H20ClNO2S/c1-14(2,3)19(17)16-8-9-18-10-13(16)11-4-6-12(15)7-5-11/h4-7,13H,8-10H2,1-3H3/t13-,19+/m0/s1. The molecule has 0 N–H and O–H groups in total. The van der Waals surface area contributed by atoms with Gasteiger partial charge in [0.1, 0.15) is 11.0 Å². The van der Waals surface area contributed by atoms with Gasteiger partial charge in [-0.2, -0.15) is 0 Å². The molecule has 0 spiro atoms. The fourth-order valence-corrected chi connectivity index (χ4v) is 3.57. The van der Waals surface area contributed by atoms with Crippen molar-refractivity contribution in [3.8, 4) is 0 Å². The molecule has 0 aliphatic carbocycles. The summed E-state index contributed by atoms with van der Waals surface area (Å²) in [5.41, 5.74) is 1.10. The zero-order valence-electron chi connectivity index (χ0n) is 11.6. The van der Waals surface area contributed by atoms with E-state index in [0.29, 0.717) is 24.8 Å². The number of hydrogen-bond acceptors (Lipinski definition) is 2. The van der Waals surface area contributed by atoms with Gasteiger partial charge in [-0.25, -0.2) is 8.51 Å². The van der Waals surface area contributed by atoms with Crippen LogP contribution in [0.1, 0.15) is 32.4 Å². The second kappa shape index (κ2) is 5.92. The molecule has 19 heavy (non-hydrogen) atoms. The van der Waals surface area contributed by atoms with Gasteiger partial charge in [0.05, 0.1) is 24.0 Å². The van der Waals surface area contributed by atoms with Crippen molar-refractivity contribution in [3.05, 3.63) is 34.9 Å². The maximum Gasteiger partial charge on any atom is 0.100 e. The summed E-state index contributed by atoms with van der Waals surface area (Å²) in [7, 11) is -1.04. The zero-order valence-corrected chi connectivity index (χ0v) is 13.1. The second-order valence-corrected chi connectivity index (χ2v) is 8.27. The van der Waals surface area contributed by atoms with Gasteiger partial charge in [-0.1, -0.05) is 23.7 Å². The van der Waals surface area contributed by atoms with Crippen molar-refractivity contribution in [2.75, 3.05) is 19.8 Å². The Morgan fingerprint density at radius 2 is 1.95 bits per heavy atom. The molecule has 2 rings (SSSR count). The van der Waals surface area contributed by atoms with Gasteiger partial charge in [-0.15, -0.1) is 0 Å². The summed E-state index contributed by atoms with van der Waals surface area (Å²) in [4.78, 5) is 0. The molecular formula is C14H20ClNO2S. The Morgan fingerprint density at radius 3 is 2.53 bits per heavy atom. The van der Waals surface area contributed by atoms with Gasteiger partial charge in [-0.3, -0.25) is 0 Å². The minimum absolute atomic E-state index is 0.0334. The van der Waals surface area contributed by atoms with E-state index in [0.717, 1.165) is 5.56 Å². The van der Waals surface area contributed by atoms with Crippen LogP contribution in [0, 0.1) is 0 Å². The fourth-order valence-electron chi connectivity index (χ4n) is 2.09. The molecule has 3 nitrogen and oxygen atoms in total. The number of morpholine rings is 1. The first-order chi connectivity index (χ1) is 8.89. The molecule has 0 amide bonds. The van der Waals surface area contributed by atoms with Crippen LogP contribution in [-0.4, -0.2) is 33.0 Å². The van der Waals surface area contributed by atoms with Crippen molar-refractivity contribution in [1.82, 2.24) is 4.31 Å². The van der Waals surface area contributed by atoms with Crippen LogP contribution in [0.15, 0.2) is 24.3 Å². The van der Waals surface area contributed by atoms with Crippen LogP contribution in [0.4, 0.5) is 0 Å². The van der Waals surface area contributed by atoms with Crippen molar-refractivity contribution in [2.45, 2.75) is 31.6 Å². The van der Waals surface area contributed by atoms with Crippen molar-refractivity contribution in [2.24, 2.45) is 0 Å². The molecule has 1 heterocycles. The van der Waals surface area contributed by atoms with Crippen molar-refractivity contribution in [3.63, 3.8) is 0 Å². The number of nitrogens with zero attached hydrogens (tertiary/aromatic N) is 1. The highest BCUT2D eigenvalue weighted by atomic mass is 35.5. The summed E-state index contributed by atoms with van der Waals surface area (Å²) in [5.74, 6) is 0. The minimum atomic E-state index is -1.04. The Labute approximate surface area is 122 Å². The molecule has 0 saturated carbocycles. The SMILES string of the molecule is CC(C)(C)[S@@](=O)N1CCOC[C@H]1c1ccc(Cl)cc1. The van der Waals surface area contributed by atoms with Crippen molar-refractivity contribution >= 4 is 22.6 Å². The van der Waals surface area contributed by atoms with Crippen LogP contribution in [0.5, 0.6) is 0 Å². The van der Waals surface area contributed by atoms with Crippen LogP contribution in [0.25, 0.3) is 0 Å². The lowest BCUT2D eigenvalue weighted by Gasteiger charge is -2.38. The van der Waals surface area contributed by atoms with Crippen LogP contribution < -0.4 is 0 Å². The highest BCUT2D eigenvalue weighted by molar-refractivity contribution is 7.84. The third-order valence-electron chi connectivity index (χ3n) is 3.07. The van der Waals surface area contributed by atoms with Gasteiger partial charge in [0.15, 0.2) is 0 Å². The molecule has 0 bridgehead atoms. The Kier molecular flexibility index (Phi) is 4.66. The molecule has 5 heteroatoms. The van der Waals surface area contributed by atoms with Gasteiger partial charge in [0.25, 0.3) is 0 Å². The molecule has 106 valence electrons. The van der Waals surface area contributed by atoms with E-state index in [9.17, 15) is 4.21 Å². The lowest BCUT2D eigenvalue weighted by molar-refractivity contribution is 0.0337. The quantitative estimate of drug-likeness (QED) is 0.839. The van der Waals surface area contributed by atoms with Gasteiger partial charge in [-0.05, 0) is 38.5 Å². The van der Waals surface area contributed by atoms with E-state index in [-0.39, 0.29) is 10.8 Å². The first kappa shape index (κ1) is 15.0. The predicted octanol–water partition coefficient (Wildman–Crippen LogP) is 3.18. The molecule has 1 aromatic carbocycles. The van der Waals surface area contributed by atoms with Crippen LogP contribution in [-0.2, 0) is 15.7 Å². The van der Waals surface area contributed by atoms with Crippen molar-refractivity contribution in [1.29, 1.82) is 0 Å². The minimum Gasteiger partial charge on any atom is -0.378 e. The van der Waals surface area contributed by atoms with Gasteiger partial charge in [0, 0.05) is 11.6 Å². The molecule has 2 atom stereocenters. The number of ether oxygens (including phenoxy) is 1. The monoisotopic (exact) mass is 301 g/mol. The van der Waals surface area contributed by atoms with Gasteiger partial charge >= 0.3 is 0 Å². The Morgan fingerprint density at radius 1 is 1.32 bits per heavy atom. The van der Waals surface area contributed by atoms with E-state index in [2.05, 4.69) is 0 Å². The highest BCUT2D eigenvalue weighted by Gasteiger charge is 2.34. The lowest BCUT2D eigenvalue weighted by atomic mass is 10.1. The maximum absolute atomic E-state index is 12.6. The molecule has 0 radical (unpaired) electrons. The summed E-state index contributed by atoms with van der Waals surface area (Å²) in [5, 5.41) is 0.712. The third-order valence-corrected chi connectivity index (χ3v) is 5.23. The Balaban J connectivity index is 2.26. The maximum atomic E-state index is 12.6. The van der Waals surface area contributed by atoms with E-state index in [1.54, 1.807) is 0 Å². The van der Waals surface area contributed by atoms with E-state index in [1.165, 1.54) is 0 Å². The average Bonchev–Trinajstić information content (AvgIpc) is 2.38. The average molecular weight is 302 g/mol. The molecular weight excluding hydrogens is 282 g/mol. The van der Waals surface area contributed by atoms with Crippen LogP contribution >= 0.6 is 11.6 Å². The number of halogens is 1. The van der Waals surface area contributed by atoms with Crippen LogP contribution in [0.2, 0.25) is 5.02 Å². The third kappa shape index (κ3) is 3.57. The number of hydrogen-bond donors (Lipinski definition) is 0. The summed E-state index contributed by atoms with van der Waals surface area (Å²) < 4.78 is 19.9. The zero-order chi connectivity index (χ0) is 14.0. The molecule has 1 aromatic rings.